The molecule has 19 heavy (non-hydrogen) atoms. The van der Waals surface area contributed by atoms with Crippen molar-refractivity contribution in [1.82, 2.24) is 4.90 Å². The molecule has 1 aliphatic carbocycles. The van der Waals surface area contributed by atoms with Gasteiger partial charge in [-0.05, 0) is 46.5 Å². The molecule has 1 saturated carbocycles. The monoisotopic (exact) mass is 269 g/mol. The summed E-state index contributed by atoms with van der Waals surface area (Å²) in [7, 11) is 0. The predicted octanol–water partition coefficient (Wildman–Crippen LogP) is 2.48. The summed E-state index contributed by atoms with van der Waals surface area (Å²) in [5.41, 5.74) is -1.19. The van der Waals surface area contributed by atoms with Crippen LogP contribution in [0.15, 0.2) is 0 Å². The third-order valence-electron chi connectivity index (χ3n) is 3.68. The van der Waals surface area contributed by atoms with Crippen LogP contribution in [0.1, 0.15) is 52.9 Å². The van der Waals surface area contributed by atoms with Crippen molar-refractivity contribution >= 4 is 12.4 Å². The first-order valence-corrected chi connectivity index (χ1v) is 6.99. The van der Waals surface area contributed by atoms with Gasteiger partial charge < -0.3 is 14.3 Å². The lowest BCUT2D eigenvalue weighted by molar-refractivity contribution is -0.119. The van der Waals surface area contributed by atoms with Crippen molar-refractivity contribution in [3.05, 3.63) is 0 Å². The number of carbonyl (C=O) groups is 2. The Labute approximate surface area is 114 Å². The Morgan fingerprint density at radius 1 is 1.32 bits per heavy atom. The van der Waals surface area contributed by atoms with Gasteiger partial charge in [0, 0.05) is 0 Å². The molecule has 108 valence electrons. The molecule has 1 saturated heterocycles. The fraction of sp³-hybridized carbons (Fsp3) is 0.857. The van der Waals surface area contributed by atoms with Gasteiger partial charge in [-0.2, -0.15) is 0 Å². The highest BCUT2D eigenvalue weighted by molar-refractivity contribution is 5.75. The first-order valence-electron chi connectivity index (χ1n) is 6.99. The van der Waals surface area contributed by atoms with E-state index in [0.717, 1.165) is 38.4 Å². The van der Waals surface area contributed by atoms with Gasteiger partial charge in [-0.1, -0.05) is 6.42 Å². The molecular weight excluding hydrogens is 246 g/mol. The van der Waals surface area contributed by atoms with E-state index in [-0.39, 0.29) is 6.61 Å². The van der Waals surface area contributed by atoms with Crippen molar-refractivity contribution in [2.75, 3.05) is 6.61 Å². The van der Waals surface area contributed by atoms with Gasteiger partial charge in [0.15, 0.2) is 0 Å². The van der Waals surface area contributed by atoms with Gasteiger partial charge in [-0.25, -0.2) is 4.79 Å². The summed E-state index contributed by atoms with van der Waals surface area (Å²) in [5, 5.41) is 0. The first-order chi connectivity index (χ1) is 8.88. The molecule has 1 heterocycles. The van der Waals surface area contributed by atoms with Crippen LogP contribution in [-0.4, -0.2) is 41.3 Å². The zero-order valence-electron chi connectivity index (χ0n) is 12.0. The van der Waals surface area contributed by atoms with Gasteiger partial charge in [0.05, 0.1) is 6.61 Å². The fourth-order valence-electron chi connectivity index (χ4n) is 2.89. The molecule has 1 aliphatic heterocycles. The van der Waals surface area contributed by atoms with Crippen LogP contribution in [0.4, 0.5) is 4.79 Å². The van der Waals surface area contributed by atoms with Crippen LogP contribution in [0.5, 0.6) is 0 Å². The van der Waals surface area contributed by atoms with Crippen molar-refractivity contribution in [2.45, 2.75) is 70.2 Å². The fourth-order valence-corrected chi connectivity index (χ4v) is 2.89. The minimum absolute atomic E-state index is 0.280. The molecule has 0 aromatic carbocycles. The molecule has 1 amide bonds. The van der Waals surface area contributed by atoms with Crippen molar-refractivity contribution in [3.63, 3.8) is 0 Å². The van der Waals surface area contributed by atoms with E-state index in [1.165, 1.54) is 4.90 Å². The topological polar surface area (TPSA) is 55.8 Å². The Kier molecular flexibility index (Phi) is 3.85. The number of hydrogen-bond donors (Lipinski definition) is 0. The minimum atomic E-state index is -0.619. The Bertz CT molecular complexity index is 355. The molecular formula is C14H23NO4. The Morgan fingerprint density at radius 2 is 1.95 bits per heavy atom. The van der Waals surface area contributed by atoms with Crippen LogP contribution in [0, 0.1) is 0 Å². The van der Waals surface area contributed by atoms with Gasteiger partial charge in [-0.3, -0.25) is 4.90 Å². The predicted molar refractivity (Wildman–Crippen MR) is 69.7 cm³/mol. The summed E-state index contributed by atoms with van der Waals surface area (Å²) >= 11 is 0. The quantitative estimate of drug-likeness (QED) is 0.686. The average molecular weight is 269 g/mol. The van der Waals surface area contributed by atoms with Crippen molar-refractivity contribution in [3.8, 4) is 0 Å². The van der Waals surface area contributed by atoms with Crippen molar-refractivity contribution < 1.29 is 19.1 Å². The maximum Gasteiger partial charge on any atom is 0.413 e. The lowest BCUT2D eigenvalue weighted by Crippen LogP contribution is -2.54. The molecule has 2 aliphatic rings. The second kappa shape index (κ2) is 5.12. The van der Waals surface area contributed by atoms with E-state index in [1.54, 1.807) is 0 Å². The molecule has 1 spiro atoms. The van der Waals surface area contributed by atoms with Gasteiger partial charge in [-0.15, -0.1) is 0 Å². The van der Waals surface area contributed by atoms with E-state index >= 15 is 0 Å². The zero-order chi connectivity index (χ0) is 14.1. The van der Waals surface area contributed by atoms with E-state index < -0.39 is 23.5 Å². The number of amides is 1. The molecule has 0 aromatic heterocycles. The van der Waals surface area contributed by atoms with Crippen LogP contribution >= 0.6 is 0 Å². The van der Waals surface area contributed by atoms with Crippen LogP contribution in [-0.2, 0) is 14.3 Å². The van der Waals surface area contributed by atoms with E-state index in [2.05, 4.69) is 0 Å². The molecule has 0 aromatic rings. The van der Waals surface area contributed by atoms with Crippen LogP contribution in [0.25, 0.3) is 0 Å². The van der Waals surface area contributed by atoms with Crippen LogP contribution < -0.4 is 0 Å². The first kappa shape index (κ1) is 14.3. The SMILES string of the molecule is CC(C)(C)OC(=O)N1[C@@H](C=O)COC12CCCCC2. The molecule has 0 radical (unpaired) electrons. The largest absolute Gasteiger partial charge is 0.444 e. The number of carbonyl (C=O) groups excluding carboxylic acids is 2. The van der Waals surface area contributed by atoms with Gasteiger partial charge in [0.2, 0.25) is 0 Å². The number of rotatable bonds is 1. The number of nitrogens with zero attached hydrogens (tertiary/aromatic N) is 1. The third-order valence-corrected chi connectivity index (χ3v) is 3.68. The Balaban J connectivity index is 2.20. The van der Waals surface area contributed by atoms with Crippen LogP contribution in [0.2, 0.25) is 0 Å². The van der Waals surface area contributed by atoms with E-state index in [9.17, 15) is 9.59 Å². The van der Waals surface area contributed by atoms with Gasteiger partial charge >= 0.3 is 6.09 Å². The Hall–Kier alpha value is -1.10. The molecule has 1 atom stereocenters. The standard InChI is InChI=1S/C14H23NO4/c1-13(2,3)19-12(17)15-11(9-16)10-18-14(15)7-5-4-6-8-14/h9,11H,4-8,10H2,1-3H3/t11-/m0/s1. The summed E-state index contributed by atoms with van der Waals surface area (Å²) in [6, 6.07) is -0.520. The molecule has 0 unspecified atom stereocenters. The van der Waals surface area contributed by atoms with Crippen molar-refractivity contribution in [2.24, 2.45) is 0 Å². The second-order valence-electron chi connectivity index (χ2n) is 6.37. The van der Waals surface area contributed by atoms with E-state index in [0.29, 0.717) is 0 Å². The highest BCUT2D eigenvalue weighted by Gasteiger charge is 2.51. The molecule has 0 N–H and O–H groups in total. The summed E-state index contributed by atoms with van der Waals surface area (Å²) in [6.45, 7) is 5.75. The highest BCUT2D eigenvalue weighted by atomic mass is 16.6. The second-order valence-corrected chi connectivity index (χ2v) is 6.37. The lowest BCUT2D eigenvalue weighted by Gasteiger charge is -2.41. The summed E-state index contributed by atoms with van der Waals surface area (Å²) in [4.78, 5) is 25.1. The normalized spacial score (nSPS) is 26.5. The third kappa shape index (κ3) is 2.91. The maximum absolute atomic E-state index is 12.4. The Morgan fingerprint density at radius 3 is 2.47 bits per heavy atom. The molecule has 0 bridgehead atoms. The van der Waals surface area contributed by atoms with Gasteiger partial charge in [0.25, 0.3) is 0 Å². The maximum atomic E-state index is 12.4. The summed E-state index contributed by atoms with van der Waals surface area (Å²) in [5.74, 6) is 0. The summed E-state index contributed by atoms with van der Waals surface area (Å²) < 4.78 is 11.3. The minimum Gasteiger partial charge on any atom is -0.444 e. The van der Waals surface area contributed by atoms with Gasteiger partial charge in [0.1, 0.15) is 23.7 Å². The van der Waals surface area contributed by atoms with Crippen molar-refractivity contribution in [1.29, 1.82) is 0 Å². The molecule has 2 rings (SSSR count). The number of hydrogen-bond acceptors (Lipinski definition) is 4. The molecule has 5 heteroatoms. The number of ether oxygens (including phenoxy) is 2. The van der Waals surface area contributed by atoms with E-state index in [4.69, 9.17) is 9.47 Å². The average Bonchev–Trinajstić information content (AvgIpc) is 2.66. The number of aldehydes is 1. The van der Waals surface area contributed by atoms with E-state index in [1.807, 2.05) is 20.8 Å². The molecule has 2 fully saturated rings. The highest BCUT2D eigenvalue weighted by Crippen LogP contribution is 2.40. The van der Waals surface area contributed by atoms with Crippen LogP contribution in [0.3, 0.4) is 0 Å². The lowest BCUT2D eigenvalue weighted by atomic mass is 9.90. The summed E-state index contributed by atoms with van der Waals surface area (Å²) in [6.07, 6.45) is 5.11. The molecule has 5 nitrogen and oxygen atoms in total. The zero-order valence-corrected chi connectivity index (χ0v) is 12.0. The smallest absolute Gasteiger partial charge is 0.413 e.